The summed E-state index contributed by atoms with van der Waals surface area (Å²) in [6.07, 6.45) is 12.3. The Labute approximate surface area is 113 Å². The fourth-order valence-corrected chi connectivity index (χ4v) is 3.87. The van der Waals surface area contributed by atoms with E-state index < -0.39 is 0 Å². The van der Waals surface area contributed by atoms with E-state index in [1.807, 2.05) is 0 Å². The third kappa shape index (κ3) is 4.42. The molecule has 104 valence electrons. The highest BCUT2D eigenvalue weighted by molar-refractivity contribution is 5.06. The molecule has 0 saturated heterocycles. The summed E-state index contributed by atoms with van der Waals surface area (Å²) in [5.41, 5.74) is 1.61. The molecule has 2 aliphatic rings. The van der Waals surface area contributed by atoms with Crippen molar-refractivity contribution in [2.24, 2.45) is 17.8 Å². The lowest BCUT2D eigenvalue weighted by Gasteiger charge is -2.27. The van der Waals surface area contributed by atoms with Gasteiger partial charge in [-0.3, -0.25) is 0 Å². The van der Waals surface area contributed by atoms with Crippen molar-refractivity contribution in [1.29, 1.82) is 0 Å². The fraction of sp³-hybridized carbons (Fsp3) is 0.882. The normalized spacial score (nSPS) is 38.1. The van der Waals surface area contributed by atoms with Crippen LogP contribution in [0.2, 0.25) is 0 Å². The van der Waals surface area contributed by atoms with Crippen molar-refractivity contribution < 1.29 is 0 Å². The Hall–Kier alpha value is -0.300. The molecule has 18 heavy (non-hydrogen) atoms. The molecule has 2 aliphatic carbocycles. The van der Waals surface area contributed by atoms with Gasteiger partial charge >= 0.3 is 0 Å². The maximum absolute atomic E-state index is 3.87. The highest BCUT2D eigenvalue weighted by Gasteiger charge is 2.20. The van der Waals surface area contributed by atoms with Gasteiger partial charge in [0.15, 0.2) is 0 Å². The van der Waals surface area contributed by atoms with Gasteiger partial charge in [-0.15, -0.1) is 0 Å². The van der Waals surface area contributed by atoms with Crippen molar-refractivity contribution in [2.75, 3.05) is 6.54 Å². The van der Waals surface area contributed by atoms with E-state index in [4.69, 9.17) is 0 Å². The smallest absolute Gasteiger partial charge is 0.00672 e. The van der Waals surface area contributed by atoms with Gasteiger partial charge in [-0.1, -0.05) is 38.3 Å². The van der Waals surface area contributed by atoms with Crippen molar-refractivity contribution in [3.63, 3.8) is 0 Å². The lowest BCUT2D eigenvalue weighted by atomic mass is 9.83. The largest absolute Gasteiger partial charge is 0.314 e. The molecule has 0 aromatic rings. The summed E-state index contributed by atoms with van der Waals surface area (Å²) in [4.78, 5) is 0. The van der Waals surface area contributed by atoms with E-state index in [9.17, 15) is 0 Å². The van der Waals surface area contributed by atoms with Gasteiger partial charge < -0.3 is 5.32 Å². The molecule has 1 N–H and O–H groups in total. The lowest BCUT2D eigenvalue weighted by Crippen LogP contribution is -2.34. The van der Waals surface area contributed by atoms with E-state index in [2.05, 4.69) is 32.2 Å². The highest BCUT2D eigenvalue weighted by atomic mass is 14.9. The van der Waals surface area contributed by atoms with Crippen molar-refractivity contribution >= 4 is 0 Å². The molecule has 0 aliphatic heterocycles. The first-order valence-corrected chi connectivity index (χ1v) is 8.04. The van der Waals surface area contributed by atoms with Crippen LogP contribution in [0.3, 0.4) is 0 Å². The minimum Gasteiger partial charge on any atom is -0.314 e. The zero-order valence-corrected chi connectivity index (χ0v) is 12.5. The third-order valence-electron chi connectivity index (χ3n) is 4.84. The summed E-state index contributed by atoms with van der Waals surface area (Å²) in [5, 5.41) is 3.87. The number of hydrogen-bond acceptors (Lipinski definition) is 1. The Morgan fingerprint density at radius 2 is 2.00 bits per heavy atom. The van der Waals surface area contributed by atoms with E-state index >= 15 is 0 Å². The summed E-state index contributed by atoms with van der Waals surface area (Å²) in [6, 6.07) is 0.802. The van der Waals surface area contributed by atoms with Crippen LogP contribution in [0.25, 0.3) is 0 Å². The van der Waals surface area contributed by atoms with Crippen LogP contribution < -0.4 is 5.32 Å². The molecule has 0 aromatic carbocycles. The quantitative estimate of drug-likeness (QED) is 0.572. The lowest BCUT2D eigenvalue weighted by molar-refractivity contribution is 0.346. The second-order valence-corrected chi connectivity index (χ2v) is 7.01. The van der Waals surface area contributed by atoms with Gasteiger partial charge in [-0.05, 0) is 63.3 Å². The Bertz CT molecular complexity index is 281. The van der Waals surface area contributed by atoms with Crippen LogP contribution in [0.4, 0.5) is 0 Å². The van der Waals surface area contributed by atoms with E-state index in [0.29, 0.717) is 0 Å². The third-order valence-corrected chi connectivity index (χ3v) is 4.84. The van der Waals surface area contributed by atoms with Gasteiger partial charge in [-0.25, -0.2) is 0 Å². The Morgan fingerprint density at radius 1 is 1.17 bits per heavy atom. The zero-order chi connectivity index (χ0) is 13.0. The number of nitrogens with one attached hydrogen (secondary N) is 1. The second-order valence-electron chi connectivity index (χ2n) is 7.01. The van der Waals surface area contributed by atoms with Gasteiger partial charge in [-0.2, -0.15) is 0 Å². The van der Waals surface area contributed by atoms with Crippen molar-refractivity contribution in [2.45, 2.75) is 71.8 Å². The molecule has 0 heterocycles. The van der Waals surface area contributed by atoms with E-state index in [-0.39, 0.29) is 0 Å². The molecule has 1 nitrogen and oxygen atoms in total. The van der Waals surface area contributed by atoms with Crippen LogP contribution in [0.15, 0.2) is 11.6 Å². The SMILES string of the molecule is CC1=CC(C)CC(CNC2CCCC(C)CC2)C1. The molecule has 4 unspecified atom stereocenters. The van der Waals surface area contributed by atoms with E-state index in [1.165, 1.54) is 51.5 Å². The van der Waals surface area contributed by atoms with Gasteiger partial charge in [0.05, 0.1) is 0 Å². The molecule has 1 heteroatoms. The number of rotatable bonds is 3. The maximum Gasteiger partial charge on any atom is 0.00672 e. The predicted molar refractivity (Wildman–Crippen MR) is 79.7 cm³/mol. The van der Waals surface area contributed by atoms with Crippen molar-refractivity contribution in [3.05, 3.63) is 11.6 Å². The minimum atomic E-state index is 0.791. The zero-order valence-electron chi connectivity index (χ0n) is 12.5. The summed E-state index contributed by atoms with van der Waals surface area (Å²) in [6.45, 7) is 8.33. The average molecular weight is 249 g/mol. The second kappa shape index (κ2) is 6.75. The summed E-state index contributed by atoms with van der Waals surface area (Å²) >= 11 is 0. The van der Waals surface area contributed by atoms with Gasteiger partial charge in [0.1, 0.15) is 0 Å². The molecule has 0 bridgehead atoms. The van der Waals surface area contributed by atoms with E-state index in [0.717, 1.165) is 23.8 Å². The van der Waals surface area contributed by atoms with Crippen molar-refractivity contribution in [3.8, 4) is 0 Å². The molecule has 0 aromatic heterocycles. The highest BCUT2D eigenvalue weighted by Crippen LogP contribution is 2.28. The molecule has 0 amide bonds. The first kappa shape index (κ1) is 14.1. The summed E-state index contributed by atoms with van der Waals surface area (Å²) in [5.74, 6) is 2.63. The van der Waals surface area contributed by atoms with Crippen LogP contribution in [0, 0.1) is 17.8 Å². The Morgan fingerprint density at radius 3 is 2.78 bits per heavy atom. The van der Waals surface area contributed by atoms with Gasteiger partial charge in [0.25, 0.3) is 0 Å². The molecular formula is C17H31N. The van der Waals surface area contributed by atoms with Crippen LogP contribution in [0.1, 0.15) is 65.7 Å². The molecule has 4 atom stereocenters. The Kier molecular flexibility index (Phi) is 5.29. The van der Waals surface area contributed by atoms with Crippen LogP contribution in [0.5, 0.6) is 0 Å². The minimum absolute atomic E-state index is 0.791. The number of hydrogen-bond donors (Lipinski definition) is 1. The monoisotopic (exact) mass is 249 g/mol. The van der Waals surface area contributed by atoms with Gasteiger partial charge in [0, 0.05) is 6.04 Å². The summed E-state index contributed by atoms with van der Waals surface area (Å²) < 4.78 is 0. The first-order valence-electron chi connectivity index (χ1n) is 8.04. The number of allylic oxidation sites excluding steroid dienone is 2. The maximum atomic E-state index is 3.87. The molecular weight excluding hydrogens is 218 g/mol. The molecule has 1 saturated carbocycles. The fourth-order valence-electron chi connectivity index (χ4n) is 3.87. The topological polar surface area (TPSA) is 12.0 Å². The molecule has 0 radical (unpaired) electrons. The molecule has 0 spiro atoms. The van der Waals surface area contributed by atoms with Gasteiger partial charge in [0.2, 0.25) is 0 Å². The standard InChI is InChI=1S/C17H31N/c1-13-5-4-6-17(8-7-13)18-12-16-10-14(2)9-15(3)11-16/h9,13-14,16-18H,4-8,10-12H2,1-3H3. The first-order chi connectivity index (χ1) is 8.63. The van der Waals surface area contributed by atoms with Crippen LogP contribution in [-0.4, -0.2) is 12.6 Å². The Balaban J connectivity index is 1.73. The summed E-state index contributed by atoms with van der Waals surface area (Å²) in [7, 11) is 0. The molecule has 2 rings (SSSR count). The average Bonchev–Trinajstić information content (AvgIpc) is 2.50. The molecule has 1 fully saturated rings. The van der Waals surface area contributed by atoms with Crippen LogP contribution in [-0.2, 0) is 0 Å². The van der Waals surface area contributed by atoms with E-state index in [1.54, 1.807) is 5.57 Å². The van der Waals surface area contributed by atoms with Crippen molar-refractivity contribution in [1.82, 2.24) is 5.32 Å². The predicted octanol–water partition coefficient (Wildman–Crippen LogP) is 4.54. The van der Waals surface area contributed by atoms with Crippen LogP contribution >= 0.6 is 0 Å².